The van der Waals surface area contributed by atoms with E-state index in [2.05, 4.69) is 21.2 Å². The maximum Gasteiger partial charge on any atom is 0.294 e. The van der Waals surface area contributed by atoms with Gasteiger partial charge in [-0.15, -0.1) is 0 Å². The monoisotopic (exact) mass is 430 g/mol. The Morgan fingerprint density at radius 3 is 2.69 bits per heavy atom. The lowest BCUT2D eigenvalue weighted by Crippen LogP contribution is -2.36. The number of nitrogens with zero attached hydrogens (tertiary/aromatic N) is 1. The number of carbonyl (C=O) groups is 3. The first-order valence-electron chi connectivity index (χ1n) is 7.80. The summed E-state index contributed by atoms with van der Waals surface area (Å²) in [6, 6.07) is 14.7. The van der Waals surface area contributed by atoms with Crippen LogP contribution >= 0.6 is 27.7 Å². The highest BCUT2D eigenvalue weighted by Gasteiger charge is 2.36. The van der Waals surface area contributed by atoms with Crippen LogP contribution in [-0.2, 0) is 9.59 Å². The molecule has 5 nitrogen and oxygen atoms in total. The van der Waals surface area contributed by atoms with Crippen LogP contribution in [0.1, 0.15) is 11.1 Å². The van der Waals surface area contributed by atoms with Crippen LogP contribution in [0, 0.1) is 6.92 Å². The minimum absolute atomic E-state index is 0.303. The van der Waals surface area contributed by atoms with Gasteiger partial charge in [-0.25, -0.2) is 0 Å². The first kappa shape index (κ1) is 18.4. The van der Waals surface area contributed by atoms with Crippen LogP contribution in [0.5, 0.6) is 0 Å². The number of para-hydroxylation sites is 1. The number of hydrogen-bond donors (Lipinski definition) is 1. The van der Waals surface area contributed by atoms with Crippen LogP contribution < -0.4 is 5.32 Å². The zero-order valence-corrected chi connectivity index (χ0v) is 16.3. The Balaban J connectivity index is 1.71. The zero-order valence-electron chi connectivity index (χ0n) is 13.9. The largest absolute Gasteiger partial charge is 0.324 e. The molecule has 0 atom stereocenters. The van der Waals surface area contributed by atoms with Crippen molar-refractivity contribution in [2.45, 2.75) is 6.92 Å². The molecular formula is C19H15BrN2O3S. The van der Waals surface area contributed by atoms with Crippen molar-refractivity contribution in [2.75, 3.05) is 11.9 Å². The van der Waals surface area contributed by atoms with Gasteiger partial charge >= 0.3 is 0 Å². The molecule has 0 unspecified atom stereocenters. The smallest absolute Gasteiger partial charge is 0.294 e. The van der Waals surface area contributed by atoms with Crippen LogP contribution in [0.2, 0.25) is 0 Å². The van der Waals surface area contributed by atoms with Gasteiger partial charge in [0.15, 0.2) is 0 Å². The molecular weight excluding hydrogens is 416 g/mol. The molecule has 0 saturated carbocycles. The summed E-state index contributed by atoms with van der Waals surface area (Å²) < 4.78 is 0.878. The summed E-state index contributed by atoms with van der Waals surface area (Å²) in [5.41, 5.74) is 2.37. The van der Waals surface area contributed by atoms with Crippen LogP contribution in [0.3, 0.4) is 0 Å². The molecule has 3 rings (SSSR count). The number of rotatable bonds is 4. The molecule has 26 heavy (non-hydrogen) atoms. The van der Waals surface area contributed by atoms with Crippen LogP contribution in [0.25, 0.3) is 6.08 Å². The van der Waals surface area contributed by atoms with Crippen molar-refractivity contribution in [1.82, 2.24) is 4.90 Å². The normalized spacial score (nSPS) is 15.6. The average Bonchev–Trinajstić information content (AvgIpc) is 2.84. The third kappa shape index (κ3) is 4.23. The Hall–Kier alpha value is -2.38. The lowest BCUT2D eigenvalue weighted by molar-refractivity contribution is -0.127. The van der Waals surface area contributed by atoms with Crippen molar-refractivity contribution >= 4 is 56.5 Å². The van der Waals surface area contributed by atoms with E-state index in [-0.39, 0.29) is 6.54 Å². The Morgan fingerprint density at radius 2 is 1.96 bits per heavy atom. The van der Waals surface area contributed by atoms with E-state index in [0.717, 1.165) is 32.3 Å². The van der Waals surface area contributed by atoms with E-state index < -0.39 is 17.1 Å². The fraction of sp³-hybridized carbons (Fsp3) is 0.105. The Kier molecular flexibility index (Phi) is 5.58. The van der Waals surface area contributed by atoms with Gasteiger partial charge in [0.1, 0.15) is 6.54 Å². The molecule has 1 heterocycles. The molecule has 0 spiro atoms. The fourth-order valence-electron chi connectivity index (χ4n) is 2.43. The van der Waals surface area contributed by atoms with Crippen LogP contribution in [-0.4, -0.2) is 28.5 Å². The number of halogens is 1. The summed E-state index contributed by atoms with van der Waals surface area (Å²) in [5, 5.41) is 2.28. The second-order valence-electron chi connectivity index (χ2n) is 5.69. The molecule has 1 saturated heterocycles. The maximum absolute atomic E-state index is 12.5. The van der Waals surface area contributed by atoms with Gasteiger partial charge in [-0.05, 0) is 54.1 Å². The topological polar surface area (TPSA) is 66.5 Å². The van der Waals surface area contributed by atoms with E-state index >= 15 is 0 Å². The van der Waals surface area contributed by atoms with Crippen molar-refractivity contribution in [3.8, 4) is 0 Å². The lowest BCUT2D eigenvalue weighted by atomic mass is 10.2. The first-order valence-corrected chi connectivity index (χ1v) is 9.41. The number of carbonyl (C=O) groups excluding carboxylic acids is 3. The molecule has 0 bridgehead atoms. The van der Waals surface area contributed by atoms with E-state index in [0.29, 0.717) is 10.6 Å². The number of aryl methyl sites for hydroxylation is 1. The number of imide groups is 1. The number of anilines is 1. The molecule has 1 fully saturated rings. The quantitative estimate of drug-likeness (QED) is 0.728. The number of amides is 3. The molecule has 1 aliphatic rings. The van der Waals surface area contributed by atoms with Gasteiger partial charge < -0.3 is 5.32 Å². The third-order valence-electron chi connectivity index (χ3n) is 3.74. The fourth-order valence-corrected chi connectivity index (χ4v) is 3.69. The molecule has 3 amide bonds. The third-order valence-corrected chi connectivity index (χ3v) is 5.14. The standard InChI is InChI=1S/C19H15BrN2O3S/c1-12-5-2-3-8-15(12)21-17(23)11-22-18(24)16(26-19(22)25)10-13-6-4-7-14(20)9-13/h2-10H,11H2,1H3,(H,21,23)/b16-10+. The minimum Gasteiger partial charge on any atom is -0.324 e. The number of thioether (sulfide) groups is 1. The molecule has 0 radical (unpaired) electrons. The Morgan fingerprint density at radius 1 is 1.19 bits per heavy atom. The highest BCUT2D eigenvalue weighted by atomic mass is 79.9. The molecule has 0 aromatic heterocycles. The van der Waals surface area contributed by atoms with E-state index in [4.69, 9.17) is 0 Å². The second kappa shape index (κ2) is 7.88. The number of hydrogen-bond acceptors (Lipinski definition) is 4. The molecule has 2 aromatic carbocycles. The van der Waals surface area contributed by atoms with E-state index in [1.165, 1.54) is 0 Å². The SMILES string of the molecule is Cc1ccccc1NC(=O)CN1C(=O)S/C(=C/c2cccc(Br)c2)C1=O. The van der Waals surface area contributed by atoms with Crippen molar-refractivity contribution in [3.05, 3.63) is 69.0 Å². The summed E-state index contributed by atoms with van der Waals surface area (Å²) in [5.74, 6) is -0.870. The van der Waals surface area contributed by atoms with E-state index in [9.17, 15) is 14.4 Å². The summed E-state index contributed by atoms with van der Waals surface area (Å²) in [6.45, 7) is 1.56. The predicted octanol–water partition coefficient (Wildman–Crippen LogP) is 4.43. The number of benzene rings is 2. The molecule has 1 aliphatic heterocycles. The molecule has 0 aliphatic carbocycles. The van der Waals surface area contributed by atoms with Crippen molar-refractivity contribution < 1.29 is 14.4 Å². The van der Waals surface area contributed by atoms with Gasteiger partial charge in [0, 0.05) is 10.2 Å². The minimum atomic E-state index is -0.458. The molecule has 7 heteroatoms. The number of nitrogens with one attached hydrogen (secondary N) is 1. The average molecular weight is 431 g/mol. The highest BCUT2D eigenvalue weighted by molar-refractivity contribution is 9.10. The summed E-state index contributed by atoms with van der Waals surface area (Å²) in [6.07, 6.45) is 1.65. The molecule has 1 N–H and O–H groups in total. The van der Waals surface area contributed by atoms with Crippen molar-refractivity contribution in [3.63, 3.8) is 0 Å². The summed E-state index contributed by atoms with van der Waals surface area (Å²) >= 11 is 4.21. The van der Waals surface area contributed by atoms with Crippen molar-refractivity contribution in [2.24, 2.45) is 0 Å². The molecule has 132 valence electrons. The van der Waals surface area contributed by atoms with Gasteiger partial charge in [0.05, 0.1) is 4.91 Å². The zero-order chi connectivity index (χ0) is 18.7. The Bertz CT molecular complexity index is 927. The van der Waals surface area contributed by atoms with Crippen LogP contribution in [0.15, 0.2) is 57.9 Å². The van der Waals surface area contributed by atoms with E-state index in [1.807, 2.05) is 49.4 Å². The predicted molar refractivity (Wildman–Crippen MR) is 107 cm³/mol. The summed E-state index contributed by atoms with van der Waals surface area (Å²) in [4.78, 5) is 38.1. The first-order chi connectivity index (χ1) is 12.4. The van der Waals surface area contributed by atoms with Gasteiger partial charge in [-0.2, -0.15) is 0 Å². The Labute approximate surface area is 163 Å². The van der Waals surface area contributed by atoms with Crippen molar-refractivity contribution in [1.29, 1.82) is 0 Å². The van der Waals surface area contributed by atoms with Gasteiger partial charge in [0.25, 0.3) is 11.1 Å². The maximum atomic E-state index is 12.5. The van der Waals surface area contributed by atoms with Gasteiger partial charge in [0.2, 0.25) is 5.91 Å². The van der Waals surface area contributed by atoms with Crippen LogP contribution in [0.4, 0.5) is 10.5 Å². The second-order valence-corrected chi connectivity index (χ2v) is 7.59. The summed E-state index contributed by atoms with van der Waals surface area (Å²) in [7, 11) is 0. The van der Waals surface area contributed by atoms with E-state index in [1.54, 1.807) is 12.1 Å². The van der Waals surface area contributed by atoms with Gasteiger partial charge in [-0.1, -0.05) is 46.3 Å². The highest BCUT2D eigenvalue weighted by Crippen LogP contribution is 2.32. The lowest BCUT2D eigenvalue weighted by Gasteiger charge is -2.13. The van der Waals surface area contributed by atoms with Gasteiger partial charge in [-0.3, -0.25) is 19.3 Å². The molecule has 2 aromatic rings.